The SMILES string of the molecule is Cc1nc2nonc2c(N)c1Cc1ccc(Br)c(N)n1. The molecule has 0 aliphatic rings. The molecule has 3 aromatic rings. The molecule has 3 heterocycles. The van der Waals surface area contributed by atoms with Gasteiger partial charge in [0.1, 0.15) is 5.82 Å². The Balaban J connectivity index is 2.07. The Bertz CT molecular complexity index is 800. The Labute approximate surface area is 122 Å². The summed E-state index contributed by atoms with van der Waals surface area (Å²) >= 11 is 3.32. The van der Waals surface area contributed by atoms with Crippen molar-refractivity contribution in [3.05, 3.63) is 33.6 Å². The number of halogens is 1. The third-order valence-corrected chi connectivity index (χ3v) is 3.72. The number of aryl methyl sites for hydroxylation is 1. The minimum atomic E-state index is 0.409. The molecule has 3 rings (SSSR count). The highest BCUT2D eigenvalue weighted by Gasteiger charge is 2.15. The van der Waals surface area contributed by atoms with Crippen LogP contribution in [0.5, 0.6) is 0 Å². The van der Waals surface area contributed by atoms with Crippen LogP contribution in [0.3, 0.4) is 0 Å². The average molecular weight is 335 g/mol. The van der Waals surface area contributed by atoms with Crippen LogP contribution in [-0.4, -0.2) is 20.3 Å². The zero-order chi connectivity index (χ0) is 14.3. The Morgan fingerprint density at radius 2 is 2.00 bits per heavy atom. The molecule has 0 saturated carbocycles. The molecule has 0 bridgehead atoms. The van der Waals surface area contributed by atoms with E-state index in [1.165, 1.54) is 0 Å². The molecule has 0 aliphatic carbocycles. The summed E-state index contributed by atoms with van der Waals surface area (Å²) in [4.78, 5) is 8.62. The Morgan fingerprint density at radius 1 is 1.20 bits per heavy atom. The zero-order valence-corrected chi connectivity index (χ0v) is 12.2. The van der Waals surface area contributed by atoms with Gasteiger partial charge < -0.3 is 11.5 Å². The molecule has 0 saturated heterocycles. The van der Waals surface area contributed by atoms with E-state index in [1.807, 2.05) is 19.1 Å². The molecule has 7 nitrogen and oxygen atoms in total. The molecule has 0 amide bonds. The topological polar surface area (TPSA) is 117 Å². The second-order valence-electron chi connectivity index (χ2n) is 4.37. The van der Waals surface area contributed by atoms with E-state index in [0.717, 1.165) is 21.4 Å². The van der Waals surface area contributed by atoms with Gasteiger partial charge in [-0.25, -0.2) is 14.6 Å². The van der Waals surface area contributed by atoms with Crippen LogP contribution in [0.2, 0.25) is 0 Å². The van der Waals surface area contributed by atoms with Gasteiger partial charge in [0.05, 0.1) is 10.2 Å². The van der Waals surface area contributed by atoms with Crippen LogP contribution >= 0.6 is 15.9 Å². The van der Waals surface area contributed by atoms with Crippen molar-refractivity contribution in [2.24, 2.45) is 0 Å². The predicted molar refractivity (Wildman–Crippen MR) is 77.9 cm³/mol. The Kier molecular flexibility index (Phi) is 3.01. The van der Waals surface area contributed by atoms with Crippen molar-refractivity contribution >= 4 is 38.6 Å². The number of rotatable bonds is 2. The number of hydrogen-bond acceptors (Lipinski definition) is 7. The summed E-state index contributed by atoms with van der Waals surface area (Å²) in [6, 6.07) is 3.73. The number of fused-ring (bicyclic) bond motifs is 1. The molecule has 0 radical (unpaired) electrons. The normalized spacial score (nSPS) is 11.1. The van der Waals surface area contributed by atoms with Crippen molar-refractivity contribution < 1.29 is 4.63 Å². The third-order valence-electron chi connectivity index (χ3n) is 3.05. The first kappa shape index (κ1) is 12.8. The van der Waals surface area contributed by atoms with Crippen LogP contribution in [0.4, 0.5) is 11.5 Å². The van der Waals surface area contributed by atoms with E-state index in [9.17, 15) is 0 Å². The zero-order valence-electron chi connectivity index (χ0n) is 10.6. The molecule has 0 aliphatic heterocycles. The van der Waals surface area contributed by atoms with Crippen LogP contribution in [0.15, 0.2) is 21.2 Å². The van der Waals surface area contributed by atoms with Crippen molar-refractivity contribution in [1.29, 1.82) is 0 Å². The lowest BCUT2D eigenvalue weighted by Gasteiger charge is -2.09. The molecular weight excluding hydrogens is 324 g/mol. The smallest absolute Gasteiger partial charge is 0.226 e. The van der Waals surface area contributed by atoms with Gasteiger partial charge in [-0.15, -0.1) is 0 Å². The molecule has 0 atom stereocenters. The van der Waals surface area contributed by atoms with Gasteiger partial charge in [0.2, 0.25) is 5.65 Å². The fourth-order valence-corrected chi connectivity index (χ4v) is 2.21. The molecule has 0 spiro atoms. The quantitative estimate of drug-likeness (QED) is 0.734. The number of nitrogens with zero attached hydrogens (tertiary/aromatic N) is 4. The van der Waals surface area contributed by atoms with Crippen molar-refractivity contribution in [3.63, 3.8) is 0 Å². The largest absolute Gasteiger partial charge is 0.396 e. The van der Waals surface area contributed by atoms with E-state index in [4.69, 9.17) is 11.5 Å². The maximum absolute atomic E-state index is 6.11. The molecule has 0 fully saturated rings. The molecule has 8 heteroatoms. The highest BCUT2D eigenvalue weighted by Crippen LogP contribution is 2.26. The van der Waals surface area contributed by atoms with Crippen molar-refractivity contribution in [2.75, 3.05) is 11.5 Å². The first-order chi connectivity index (χ1) is 9.56. The summed E-state index contributed by atoms with van der Waals surface area (Å²) in [5, 5.41) is 7.46. The molecule has 102 valence electrons. The third kappa shape index (κ3) is 2.07. The second kappa shape index (κ2) is 4.71. The van der Waals surface area contributed by atoms with Gasteiger partial charge in [0, 0.05) is 23.4 Å². The molecule has 4 N–H and O–H groups in total. The summed E-state index contributed by atoms with van der Waals surface area (Å²) in [6.07, 6.45) is 0.519. The fourth-order valence-electron chi connectivity index (χ4n) is 1.99. The summed E-state index contributed by atoms with van der Waals surface area (Å²) < 4.78 is 5.42. The van der Waals surface area contributed by atoms with Gasteiger partial charge >= 0.3 is 0 Å². The van der Waals surface area contributed by atoms with Gasteiger partial charge in [-0.1, -0.05) is 0 Å². The minimum absolute atomic E-state index is 0.409. The van der Waals surface area contributed by atoms with Gasteiger partial charge in [-0.05, 0) is 45.3 Å². The first-order valence-corrected chi connectivity index (χ1v) is 6.63. The van der Waals surface area contributed by atoms with E-state index in [2.05, 4.69) is 40.8 Å². The highest BCUT2D eigenvalue weighted by molar-refractivity contribution is 9.10. The van der Waals surface area contributed by atoms with Crippen molar-refractivity contribution in [2.45, 2.75) is 13.3 Å². The van der Waals surface area contributed by atoms with Crippen LogP contribution < -0.4 is 11.5 Å². The van der Waals surface area contributed by atoms with Gasteiger partial charge in [0.25, 0.3) is 0 Å². The Morgan fingerprint density at radius 3 is 2.75 bits per heavy atom. The monoisotopic (exact) mass is 334 g/mol. The number of aromatic nitrogens is 4. The van der Waals surface area contributed by atoms with E-state index in [1.54, 1.807) is 0 Å². The van der Waals surface area contributed by atoms with Crippen LogP contribution in [-0.2, 0) is 6.42 Å². The van der Waals surface area contributed by atoms with Crippen LogP contribution in [0, 0.1) is 6.92 Å². The van der Waals surface area contributed by atoms with E-state index < -0.39 is 0 Å². The lowest BCUT2D eigenvalue weighted by Crippen LogP contribution is -2.04. The average Bonchev–Trinajstić information content (AvgIpc) is 2.87. The van der Waals surface area contributed by atoms with Crippen molar-refractivity contribution in [3.8, 4) is 0 Å². The van der Waals surface area contributed by atoms with E-state index >= 15 is 0 Å². The van der Waals surface area contributed by atoms with Crippen LogP contribution in [0.25, 0.3) is 11.2 Å². The first-order valence-electron chi connectivity index (χ1n) is 5.84. The molecular formula is C12H11BrN6O. The Hall–Kier alpha value is -2.22. The lowest BCUT2D eigenvalue weighted by molar-refractivity contribution is 0.315. The van der Waals surface area contributed by atoms with E-state index in [0.29, 0.717) is 29.1 Å². The number of hydrogen-bond donors (Lipinski definition) is 2. The van der Waals surface area contributed by atoms with Gasteiger partial charge in [-0.2, -0.15) is 0 Å². The maximum Gasteiger partial charge on any atom is 0.226 e. The summed E-state index contributed by atoms with van der Waals surface area (Å²) in [7, 11) is 0. The summed E-state index contributed by atoms with van der Waals surface area (Å²) in [5.74, 6) is 0.441. The minimum Gasteiger partial charge on any atom is -0.396 e. The predicted octanol–water partition coefficient (Wildman–Crippen LogP) is 1.84. The van der Waals surface area contributed by atoms with Gasteiger partial charge in [-0.3, -0.25) is 0 Å². The summed E-state index contributed by atoms with van der Waals surface area (Å²) in [5.41, 5.74) is 15.7. The van der Waals surface area contributed by atoms with Crippen LogP contribution in [0.1, 0.15) is 17.0 Å². The highest BCUT2D eigenvalue weighted by atomic mass is 79.9. The number of nitrogens with two attached hydrogens (primary N) is 2. The maximum atomic E-state index is 6.11. The second-order valence-corrected chi connectivity index (χ2v) is 5.23. The number of nitrogen functional groups attached to an aromatic ring is 2. The summed E-state index contributed by atoms with van der Waals surface area (Å²) in [6.45, 7) is 1.86. The van der Waals surface area contributed by atoms with Crippen molar-refractivity contribution in [1.82, 2.24) is 20.3 Å². The molecule has 0 unspecified atom stereocenters. The number of anilines is 2. The molecule has 3 aromatic heterocycles. The molecule has 0 aromatic carbocycles. The van der Waals surface area contributed by atoms with E-state index in [-0.39, 0.29) is 0 Å². The standard InChI is InChI=1S/C12H11BrN6O/c1-5-7(4-6-2-3-8(13)11(15)17-6)9(14)10-12(16-5)19-20-18-10/h2-3H,4,14H2,1H3,(H2,15,17). The number of pyridine rings is 2. The van der Waals surface area contributed by atoms with Gasteiger partial charge in [0.15, 0.2) is 5.52 Å². The lowest BCUT2D eigenvalue weighted by atomic mass is 10.1. The molecule has 20 heavy (non-hydrogen) atoms. The fraction of sp³-hybridized carbons (Fsp3) is 0.167.